The highest BCUT2D eigenvalue weighted by Crippen LogP contribution is 2.11. The first-order valence-corrected chi connectivity index (χ1v) is 9.09. The number of primary amides is 1. The Kier molecular flexibility index (Phi) is 9.03. The zero-order chi connectivity index (χ0) is 18.7. The van der Waals surface area contributed by atoms with Crippen LogP contribution in [0.5, 0.6) is 0 Å². The summed E-state index contributed by atoms with van der Waals surface area (Å²) in [5.74, 6) is -0.225. The molecule has 0 aromatic heterocycles. The molecule has 3 N–H and O–H groups in total. The van der Waals surface area contributed by atoms with Crippen LogP contribution in [-0.2, 0) is 22.4 Å². The highest BCUT2D eigenvalue weighted by molar-refractivity contribution is 5.73. The van der Waals surface area contributed by atoms with Crippen molar-refractivity contribution in [1.29, 1.82) is 0 Å². The van der Waals surface area contributed by atoms with Crippen molar-refractivity contribution in [2.75, 3.05) is 6.54 Å². The molecule has 25 heavy (non-hydrogen) atoms. The first-order chi connectivity index (χ1) is 11.8. The maximum Gasteiger partial charge on any atom is 0.407 e. The number of alkyl carbamates (subject to hydrolysis) is 1. The van der Waals surface area contributed by atoms with Gasteiger partial charge in [-0.2, -0.15) is 0 Å². The summed E-state index contributed by atoms with van der Waals surface area (Å²) in [6, 6.07) is 8.62. The minimum Gasteiger partial charge on any atom is -0.444 e. The number of carbonyl (C=O) groups excluding carboxylic acids is 2. The SMILES string of the molecule is CC(C)(C)OC(=O)NCCCCc1ccc(CCCCC(N)=O)cc1. The van der Waals surface area contributed by atoms with E-state index < -0.39 is 5.60 Å². The van der Waals surface area contributed by atoms with Crippen LogP contribution in [0.25, 0.3) is 0 Å². The minimum atomic E-state index is -0.453. The Morgan fingerprint density at radius 2 is 1.48 bits per heavy atom. The molecule has 0 unspecified atom stereocenters. The number of rotatable bonds is 10. The molecule has 0 bridgehead atoms. The number of unbranched alkanes of at least 4 members (excludes halogenated alkanes) is 2. The highest BCUT2D eigenvalue weighted by atomic mass is 16.6. The Morgan fingerprint density at radius 3 is 1.96 bits per heavy atom. The predicted octanol–water partition coefficient (Wildman–Crippen LogP) is 3.73. The highest BCUT2D eigenvalue weighted by Gasteiger charge is 2.15. The van der Waals surface area contributed by atoms with E-state index in [-0.39, 0.29) is 12.0 Å². The van der Waals surface area contributed by atoms with Crippen molar-refractivity contribution in [3.8, 4) is 0 Å². The molecule has 2 amide bonds. The molecule has 140 valence electrons. The number of hydrogen-bond donors (Lipinski definition) is 2. The van der Waals surface area contributed by atoms with Crippen LogP contribution in [0.2, 0.25) is 0 Å². The van der Waals surface area contributed by atoms with Gasteiger partial charge in [-0.25, -0.2) is 4.79 Å². The van der Waals surface area contributed by atoms with Crippen molar-refractivity contribution in [2.24, 2.45) is 5.73 Å². The van der Waals surface area contributed by atoms with Gasteiger partial charge in [0.15, 0.2) is 0 Å². The Bertz CT molecular complexity index is 533. The quantitative estimate of drug-likeness (QED) is 0.632. The van der Waals surface area contributed by atoms with Gasteiger partial charge >= 0.3 is 6.09 Å². The monoisotopic (exact) mass is 348 g/mol. The lowest BCUT2D eigenvalue weighted by atomic mass is 10.0. The lowest BCUT2D eigenvalue weighted by molar-refractivity contribution is -0.118. The molecule has 1 aromatic rings. The Morgan fingerprint density at radius 1 is 0.960 bits per heavy atom. The van der Waals surface area contributed by atoms with Gasteiger partial charge in [0, 0.05) is 13.0 Å². The van der Waals surface area contributed by atoms with Gasteiger partial charge in [0.2, 0.25) is 5.91 Å². The van der Waals surface area contributed by atoms with E-state index in [2.05, 4.69) is 29.6 Å². The van der Waals surface area contributed by atoms with Gasteiger partial charge in [-0.3, -0.25) is 4.79 Å². The van der Waals surface area contributed by atoms with Crippen LogP contribution in [0.3, 0.4) is 0 Å². The van der Waals surface area contributed by atoms with Crippen LogP contribution in [0.1, 0.15) is 64.0 Å². The number of amides is 2. The molecule has 5 nitrogen and oxygen atoms in total. The summed E-state index contributed by atoms with van der Waals surface area (Å²) in [6.45, 7) is 6.20. The second-order valence-corrected chi connectivity index (χ2v) is 7.38. The van der Waals surface area contributed by atoms with Gasteiger partial charge < -0.3 is 15.8 Å². The molecule has 0 aliphatic carbocycles. The fourth-order valence-electron chi connectivity index (χ4n) is 2.46. The van der Waals surface area contributed by atoms with Gasteiger partial charge in [0.1, 0.15) is 5.60 Å². The van der Waals surface area contributed by atoms with E-state index in [0.717, 1.165) is 38.5 Å². The summed E-state index contributed by atoms with van der Waals surface area (Å²) in [7, 11) is 0. The fourth-order valence-corrected chi connectivity index (χ4v) is 2.46. The zero-order valence-corrected chi connectivity index (χ0v) is 15.8. The zero-order valence-electron chi connectivity index (χ0n) is 15.8. The molecule has 0 saturated heterocycles. The summed E-state index contributed by atoms with van der Waals surface area (Å²) in [4.78, 5) is 22.2. The molecular weight excluding hydrogens is 316 g/mol. The lowest BCUT2D eigenvalue weighted by Crippen LogP contribution is -2.33. The lowest BCUT2D eigenvalue weighted by Gasteiger charge is -2.19. The van der Waals surface area contributed by atoms with Gasteiger partial charge in [-0.05, 0) is 70.4 Å². The number of hydrogen-bond acceptors (Lipinski definition) is 3. The first-order valence-electron chi connectivity index (χ1n) is 9.09. The topological polar surface area (TPSA) is 81.4 Å². The van der Waals surface area contributed by atoms with E-state index in [1.54, 1.807) is 0 Å². The summed E-state index contributed by atoms with van der Waals surface area (Å²) in [5.41, 5.74) is 7.28. The van der Waals surface area contributed by atoms with Crippen molar-refractivity contribution in [3.63, 3.8) is 0 Å². The van der Waals surface area contributed by atoms with Crippen LogP contribution in [0.15, 0.2) is 24.3 Å². The molecule has 5 heteroatoms. The first kappa shape index (κ1) is 21.0. The molecule has 0 fully saturated rings. The largest absolute Gasteiger partial charge is 0.444 e. The third-order valence-corrected chi connectivity index (χ3v) is 3.72. The molecule has 0 radical (unpaired) electrons. The number of nitrogens with one attached hydrogen (secondary N) is 1. The molecular formula is C20H32N2O3. The molecule has 1 rings (SSSR count). The van der Waals surface area contributed by atoms with Crippen LogP contribution >= 0.6 is 0 Å². The summed E-state index contributed by atoms with van der Waals surface area (Å²) < 4.78 is 5.19. The van der Waals surface area contributed by atoms with Crippen LogP contribution < -0.4 is 11.1 Å². The minimum absolute atomic E-state index is 0.225. The van der Waals surface area contributed by atoms with E-state index in [9.17, 15) is 9.59 Å². The normalized spacial score (nSPS) is 11.2. The Hall–Kier alpha value is -2.04. The van der Waals surface area contributed by atoms with Crippen LogP contribution in [0, 0.1) is 0 Å². The van der Waals surface area contributed by atoms with Crippen LogP contribution in [0.4, 0.5) is 4.79 Å². The molecule has 0 atom stereocenters. The third kappa shape index (κ3) is 11.2. The summed E-state index contributed by atoms with van der Waals surface area (Å²) in [5, 5.41) is 2.78. The van der Waals surface area contributed by atoms with Crippen molar-refractivity contribution < 1.29 is 14.3 Å². The third-order valence-electron chi connectivity index (χ3n) is 3.72. The summed E-state index contributed by atoms with van der Waals surface area (Å²) >= 11 is 0. The smallest absolute Gasteiger partial charge is 0.407 e. The number of benzene rings is 1. The average Bonchev–Trinajstić information content (AvgIpc) is 2.50. The van der Waals surface area contributed by atoms with Crippen molar-refractivity contribution in [1.82, 2.24) is 5.32 Å². The second kappa shape index (κ2) is 10.7. The number of ether oxygens (including phenoxy) is 1. The maximum atomic E-state index is 11.5. The number of nitrogens with two attached hydrogens (primary N) is 1. The molecule has 0 aliphatic heterocycles. The molecule has 0 aliphatic rings. The molecule has 1 aromatic carbocycles. The van der Waals surface area contributed by atoms with Gasteiger partial charge in [0.05, 0.1) is 0 Å². The van der Waals surface area contributed by atoms with E-state index in [0.29, 0.717) is 13.0 Å². The van der Waals surface area contributed by atoms with Crippen LogP contribution in [-0.4, -0.2) is 24.1 Å². The molecule has 0 saturated carbocycles. The molecule has 0 heterocycles. The Balaban J connectivity index is 2.15. The van der Waals surface area contributed by atoms with E-state index in [4.69, 9.17) is 10.5 Å². The van der Waals surface area contributed by atoms with Gasteiger partial charge in [-0.15, -0.1) is 0 Å². The predicted molar refractivity (Wildman–Crippen MR) is 100 cm³/mol. The Labute approximate surface area is 151 Å². The number of aryl methyl sites for hydroxylation is 2. The van der Waals surface area contributed by atoms with E-state index in [1.807, 2.05) is 20.8 Å². The standard InChI is InChI=1S/C20H32N2O3/c1-20(2,3)25-19(24)22-15-7-6-9-17-13-11-16(12-14-17)8-4-5-10-18(21)23/h11-14H,4-10,15H2,1-3H3,(H2,21,23)(H,22,24). The summed E-state index contributed by atoms with van der Waals surface area (Å²) in [6.07, 6.45) is 5.87. The van der Waals surface area contributed by atoms with E-state index in [1.165, 1.54) is 11.1 Å². The average molecular weight is 348 g/mol. The van der Waals surface area contributed by atoms with Crippen molar-refractivity contribution in [2.45, 2.75) is 71.3 Å². The van der Waals surface area contributed by atoms with Gasteiger partial charge in [-0.1, -0.05) is 24.3 Å². The van der Waals surface area contributed by atoms with E-state index >= 15 is 0 Å². The van der Waals surface area contributed by atoms with Gasteiger partial charge in [0.25, 0.3) is 0 Å². The van der Waals surface area contributed by atoms with Crippen molar-refractivity contribution >= 4 is 12.0 Å². The number of carbonyl (C=O) groups is 2. The molecule has 0 spiro atoms. The maximum absolute atomic E-state index is 11.5. The second-order valence-electron chi connectivity index (χ2n) is 7.38. The van der Waals surface area contributed by atoms with Crippen molar-refractivity contribution in [3.05, 3.63) is 35.4 Å². The fraction of sp³-hybridized carbons (Fsp3) is 0.600.